The lowest BCUT2D eigenvalue weighted by molar-refractivity contribution is 0.0510. The van der Waals surface area contributed by atoms with Crippen LogP contribution in [-0.2, 0) is 11.2 Å². The summed E-state index contributed by atoms with van der Waals surface area (Å²) in [6.07, 6.45) is 3.39. The molecule has 1 amide bonds. The summed E-state index contributed by atoms with van der Waals surface area (Å²) in [6, 6.07) is 5.92. The number of benzene rings is 1. The molecule has 4 nitrogen and oxygen atoms in total. The Morgan fingerprint density at radius 1 is 1.39 bits per heavy atom. The average molecular weight is 247 g/mol. The second kappa shape index (κ2) is 4.61. The van der Waals surface area contributed by atoms with E-state index in [2.05, 4.69) is 5.32 Å². The number of amides is 1. The van der Waals surface area contributed by atoms with E-state index in [0.29, 0.717) is 12.0 Å². The Kier molecular flexibility index (Phi) is 2.96. The maximum absolute atomic E-state index is 12.0. The van der Waals surface area contributed by atoms with Crippen molar-refractivity contribution < 1.29 is 14.3 Å². The van der Waals surface area contributed by atoms with Crippen molar-refractivity contribution >= 4 is 5.91 Å². The topological polar surface area (TPSA) is 47.6 Å². The van der Waals surface area contributed by atoms with Crippen LogP contribution in [0.25, 0.3) is 0 Å². The van der Waals surface area contributed by atoms with Gasteiger partial charge < -0.3 is 14.8 Å². The zero-order chi connectivity index (χ0) is 12.5. The third-order valence-corrected chi connectivity index (χ3v) is 3.61. The van der Waals surface area contributed by atoms with Gasteiger partial charge in [-0.3, -0.25) is 4.79 Å². The molecule has 1 saturated carbocycles. The third kappa shape index (κ3) is 2.20. The second-order valence-corrected chi connectivity index (χ2v) is 4.99. The fraction of sp³-hybridized carbons (Fsp3) is 0.500. The van der Waals surface area contributed by atoms with Gasteiger partial charge in [0, 0.05) is 18.7 Å². The molecule has 1 atom stereocenters. The number of nitrogens with one attached hydrogen (secondary N) is 1. The highest BCUT2D eigenvalue weighted by molar-refractivity contribution is 5.97. The number of methoxy groups -OCH3 is 1. The minimum atomic E-state index is 0.0476. The van der Waals surface area contributed by atoms with Gasteiger partial charge in [-0.15, -0.1) is 0 Å². The molecule has 1 aliphatic carbocycles. The van der Waals surface area contributed by atoms with Crippen LogP contribution < -0.4 is 10.1 Å². The number of hydrogen-bond acceptors (Lipinski definition) is 3. The van der Waals surface area contributed by atoms with Gasteiger partial charge in [-0.2, -0.15) is 0 Å². The molecule has 0 spiro atoms. The zero-order valence-electron chi connectivity index (χ0n) is 10.4. The average Bonchev–Trinajstić information content (AvgIpc) is 3.20. The Labute approximate surface area is 106 Å². The molecule has 0 aromatic heterocycles. The van der Waals surface area contributed by atoms with Gasteiger partial charge in [0.05, 0.1) is 0 Å². The number of fused-ring (bicyclic) bond motifs is 1. The van der Waals surface area contributed by atoms with Gasteiger partial charge in [0.1, 0.15) is 5.75 Å². The van der Waals surface area contributed by atoms with E-state index in [0.717, 1.165) is 23.3 Å². The van der Waals surface area contributed by atoms with Crippen molar-refractivity contribution in [3.05, 3.63) is 29.3 Å². The van der Waals surface area contributed by atoms with Crippen LogP contribution in [0.15, 0.2) is 18.2 Å². The predicted octanol–water partition coefficient (Wildman–Crippen LogP) is 1.73. The Balaban J connectivity index is 1.82. The SMILES string of the molecule is COCOc1ccc2c(c1)CC(C1CC1)NC2=O. The highest BCUT2D eigenvalue weighted by Crippen LogP contribution is 2.36. The van der Waals surface area contributed by atoms with Crippen molar-refractivity contribution in [1.29, 1.82) is 0 Å². The Bertz CT molecular complexity index is 468. The lowest BCUT2D eigenvalue weighted by atomic mass is 9.92. The first-order valence-electron chi connectivity index (χ1n) is 6.33. The molecule has 3 rings (SSSR count). The van der Waals surface area contributed by atoms with Crippen LogP contribution >= 0.6 is 0 Å². The second-order valence-electron chi connectivity index (χ2n) is 4.99. The van der Waals surface area contributed by atoms with Crippen LogP contribution in [0.4, 0.5) is 0 Å². The number of carbonyl (C=O) groups is 1. The summed E-state index contributed by atoms with van der Waals surface area (Å²) in [4.78, 5) is 12.0. The first-order valence-corrected chi connectivity index (χ1v) is 6.33. The van der Waals surface area contributed by atoms with E-state index in [1.165, 1.54) is 12.8 Å². The highest BCUT2D eigenvalue weighted by Gasteiger charge is 2.36. The Hall–Kier alpha value is -1.55. The molecule has 4 heteroatoms. The van der Waals surface area contributed by atoms with Crippen LogP contribution in [0.1, 0.15) is 28.8 Å². The maximum Gasteiger partial charge on any atom is 0.251 e. The molecule has 0 saturated heterocycles. The molecule has 2 aliphatic rings. The van der Waals surface area contributed by atoms with Crippen LogP contribution in [-0.4, -0.2) is 25.9 Å². The molecule has 96 valence electrons. The van der Waals surface area contributed by atoms with Crippen molar-refractivity contribution in [3.8, 4) is 5.75 Å². The van der Waals surface area contributed by atoms with Crippen LogP contribution in [0, 0.1) is 5.92 Å². The van der Waals surface area contributed by atoms with Crippen molar-refractivity contribution in [2.24, 2.45) is 5.92 Å². The molecular weight excluding hydrogens is 230 g/mol. The van der Waals surface area contributed by atoms with E-state index in [-0.39, 0.29) is 12.7 Å². The van der Waals surface area contributed by atoms with E-state index in [1.807, 2.05) is 18.2 Å². The molecule has 1 N–H and O–H groups in total. The fourth-order valence-electron chi connectivity index (χ4n) is 2.49. The largest absolute Gasteiger partial charge is 0.468 e. The molecule has 0 radical (unpaired) electrons. The summed E-state index contributed by atoms with van der Waals surface area (Å²) in [6.45, 7) is 0.233. The minimum absolute atomic E-state index is 0.0476. The summed E-state index contributed by atoms with van der Waals surface area (Å²) in [7, 11) is 1.59. The first-order chi connectivity index (χ1) is 8.78. The van der Waals surface area contributed by atoms with Crippen LogP contribution in [0.2, 0.25) is 0 Å². The van der Waals surface area contributed by atoms with Crippen molar-refractivity contribution in [2.45, 2.75) is 25.3 Å². The van der Waals surface area contributed by atoms with Gasteiger partial charge in [-0.1, -0.05) is 0 Å². The molecule has 1 aromatic carbocycles. The van der Waals surface area contributed by atoms with Gasteiger partial charge in [0.25, 0.3) is 5.91 Å². The Morgan fingerprint density at radius 2 is 2.22 bits per heavy atom. The van der Waals surface area contributed by atoms with Gasteiger partial charge >= 0.3 is 0 Å². The van der Waals surface area contributed by atoms with Gasteiger partial charge in [-0.25, -0.2) is 0 Å². The first kappa shape index (κ1) is 11.5. The predicted molar refractivity (Wildman–Crippen MR) is 66.6 cm³/mol. The van der Waals surface area contributed by atoms with E-state index in [4.69, 9.17) is 9.47 Å². The van der Waals surface area contributed by atoms with E-state index >= 15 is 0 Å². The lowest BCUT2D eigenvalue weighted by Crippen LogP contribution is -2.42. The molecule has 1 aliphatic heterocycles. The number of carbonyl (C=O) groups excluding carboxylic acids is 1. The molecular formula is C14H17NO3. The molecule has 0 bridgehead atoms. The maximum atomic E-state index is 12.0. The van der Waals surface area contributed by atoms with Crippen molar-refractivity contribution in [1.82, 2.24) is 5.32 Å². The minimum Gasteiger partial charge on any atom is -0.468 e. The van der Waals surface area contributed by atoms with Crippen LogP contribution in [0.5, 0.6) is 5.75 Å². The van der Waals surface area contributed by atoms with Gasteiger partial charge in [0.2, 0.25) is 0 Å². The summed E-state index contributed by atoms with van der Waals surface area (Å²) >= 11 is 0. The summed E-state index contributed by atoms with van der Waals surface area (Å²) < 4.78 is 10.3. The number of ether oxygens (including phenoxy) is 2. The van der Waals surface area contributed by atoms with Crippen molar-refractivity contribution in [3.63, 3.8) is 0 Å². The molecule has 1 unspecified atom stereocenters. The van der Waals surface area contributed by atoms with E-state index < -0.39 is 0 Å². The van der Waals surface area contributed by atoms with E-state index in [9.17, 15) is 4.79 Å². The summed E-state index contributed by atoms with van der Waals surface area (Å²) in [5.41, 5.74) is 1.86. The highest BCUT2D eigenvalue weighted by atomic mass is 16.7. The number of hydrogen-bond donors (Lipinski definition) is 1. The molecule has 18 heavy (non-hydrogen) atoms. The van der Waals surface area contributed by atoms with E-state index in [1.54, 1.807) is 7.11 Å². The number of rotatable bonds is 4. The monoisotopic (exact) mass is 247 g/mol. The third-order valence-electron chi connectivity index (χ3n) is 3.61. The molecule has 1 aromatic rings. The standard InChI is InChI=1S/C14H17NO3/c1-17-8-18-11-4-5-12-10(6-11)7-13(9-2-3-9)15-14(12)16/h4-6,9,13H,2-3,7-8H2,1H3,(H,15,16). The van der Waals surface area contributed by atoms with Crippen molar-refractivity contribution in [2.75, 3.05) is 13.9 Å². The lowest BCUT2D eigenvalue weighted by Gasteiger charge is -2.26. The molecule has 1 fully saturated rings. The summed E-state index contributed by atoms with van der Waals surface area (Å²) in [5, 5.41) is 3.09. The smallest absolute Gasteiger partial charge is 0.251 e. The van der Waals surface area contributed by atoms with Crippen LogP contribution in [0.3, 0.4) is 0 Å². The summed E-state index contributed by atoms with van der Waals surface area (Å²) in [5.74, 6) is 1.48. The zero-order valence-corrected chi connectivity index (χ0v) is 10.4. The Morgan fingerprint density at radius 3 is 2.94 bits per heavy atom. The van der Waals surface area contributed by atoms with Gasteiger partial charge in [-0.05, 0) is 48.9 Å². The quantitative estimate of drug-likeness (QED) is 0.824. The molecule has 1 heterocycles. The van der Waals surface area contributed by atoms with Gasteiger partial charge in [0.15, 0.2) is 6.79 Å². The fourth-order valence-corrected chi connectivity index (χ4v) is 2.49. The normalized spacial score (nSPS) is 22.3.